The smallest absolute Gasteiger partial charge is 0.294 e. The van der Waals surface area contributed by atoms with Crippen molar-refractivity contribution in [3.05, 3.63) is 77.1 Å². The lowest BCUT2D eigenvalue weighted by Gasteiger charge is -2.29. The molecule has 4 nitrogen and oxygen atoms in total. The van der Waals surface area contributed by atoms with Gasteiger partial charge in [0.2, 0.25) is 0 Å². The van der Waals surface area contributed by atoms with Gasteiger partial charge in [-0.25, -0.2) is 8.78 Å². The first-order chi connectivity index (χ1) is 12.6. The van der Waals surface area contributed by atoms with Gasteiger partial charge in [-0.15, -0.1) is 0 Å². The summed E-state index contributed by atoms with van der Waals surface area (Å²) >= 11 is 0. The number of nitrogens with zero attached hydrogens (tertiary/aromatic N) is 1. The molecule has 0 saturated carbocycles. The third kappa shape index (κ3) is 3.23. The molecule has 3 rings (SSSR count). The summed E-state index contributed by atoms with van der Waals surface area (Å²) in [5, 5.41) is 10.5. The Kier molecular flexibility index (Phi) is 4.59. The zero-order valence-electron chi connectivity index (χ0n) is 15.2. The second kappa shape index (κ2) is 6.61. The molecule has 1 aliphatic rings. The summed E-state index contributed by atoms with van der Waals surface area (Å²) in [5.41, 5.74) is -0.638. The van der Waals surface area contributed by atoms with Gasteiger partial charge in [-0.3, -0.25) is 14.5 Å². The van der Waals surface area contributed by atoms with Crippen molar-refractivity contribution in [3.63, 3.8) is 0 Å². The Hall–Kier alpha value is -3.02. The van der Waals surface area contributed by atoms with E-state index in [0.717, 1.165) is 17.0 Å². The first kappa shape index (κ1) is 18.8. The normalized spacial score (nSPS) is 17.6. The van der Waals surface area contributed by atoms with Crippen molar-refractivity contribution in [1.82, 2.24) is 0 Å². The second-order valence-electron chi connectivity index (χ2n) is 7.43. The van der Waals surface area contributed by atoms with E-state index in [4.69, 9.17) is 0 Å². The minimum absolute atomic E-state index is 0.0950. The van der Waals surface area contributed by atoms with Crippen molar-refractivity contribution in [2.75, 3.05) is 4.90 Å². The lowest BCUT2D eigenvalue weighted by atomic mass is 9.82. The van der Waals surface area contributed by atoms with Crippen LogP contribution >= 0.6 is 0 Å². The Morgan fingerprint density at radius 3 is 2.26 bits per heavy atom. The van der Waals surface area contributed by atoms with Gasteiger partial charge in [0.1, 0.15) is 11.6 Å². The predicted molar refractivity (Wildman–Crippen MR) is 97.1 cm³/mol. The molecule has 0 spiro atoms. The lowest BCUT2D eigenvalue weighted by molar-refractivity contribution is -0.123. The highest BCUT2D eigenvalue weighted by Crippen LogP contribution is 2.43. The van der Waals surface area contributed by atoms with Gasteiger partial charge in [0.15, 0.2) is 11.5 Å². The van der Waals surface area contributed by atoms with Gasteiger partial charge < -0.3 is 5.11 Å². The van der Waals surface area contributed by atoms with E-state index in [1.165, 1.54) is 0 Å². The Labute approximate surface area is 155 Å². The van der Waals surface area contributed by atoms with E-state index in [9.17, 15) is 23.5 Å². The number of carbonyl (C=O) groups is 2. The number of aliphatic hydroxyl groups is 1. The third-order valence-corrected chi connectivity index (χ3v) is 4.42. The predicted octanol–water partition coefficient (Wildman–Crippen LogP) is 4.48. The molecular weight excluding hydrogens is 352 g/mol. The number of hydrogen-bond acceptors (Lipinski definition) is 3. The number of Topliss-reactive ketones (excluding diaryl/α,β-unsaturated/α-hetero) is 1. The summed E-state index contributed by atoms with van der Waals surface area (Å²) in [6.45, 7) is 5.01. The average molecular weight is 371 g/mol. The van der Waals surface area contributed by atoms with E-state index in [1.807, 2.05) is 0 Å². The molecule has 6 heteroatoms. The highest BCUT2D eigenvalue weighted by molar-refractivity contribution is 6.17. The molecule has 0 saturated heterocycles. The molecule has 2 aromatic rings. The Bertz CT molecular complexity index is 946. The Morgan fingerprint density at radius 2 is 1.70 bits per heavy atom. The van der Waals surface area contributed by atoms with Crippen molar-refractivity contribution in [2.45, 2.75) is 26.8 Å². The van der Waals surface area contributed by atoms with E-state index in [2.05, 4.69) is 0 Å². The van der Waals surface area contributed by atoms with Crippen molar-refractivity contribution in [3.8, 4) is 0 Å². The van der Waals surface area contributed by atoms with Crippen LogP contribution in [-0.4, -0.2) is 16.8 Å². The number of halogens is 2. The number of amides is 1. The molecule has 0 radical (unpaired) electrons. The van der Waals surface area contributed by atoms with Gasteiger partial charge in [-0.2, -0.15) is 0 Å². The van der Waals surface area contributed by atoms with E-state index in [-0.39, 0.29) is 11.3 Å². The molecule has 140 valence electrons. The fourth-order valence-electron chi connectivity index (χ4n) is 3.12. The standard InChI is InChI=1S/C21H19F2NO3/c1-21(2,3)19(26)16-17(12-7-5-4-6-8-12)24(20(27)18(16)25)15-10-9-13(22)11-14(15)23/h4-11,17,25H,1-3H3. The maximum Gasteiger partial charge on any atom is 0.294 e. The van der Waals surface area contributed by atoms with Gasteiger partial charge in [-0.05, 0) is 17.7 Å². The first-order valence-electron chi connectivity index (χ1n) is 8.44. The monoisotopic (exact) mass is 371 g/mol. The zero-order valence-corrected chi connectivity index (χ0v) is 15.2. The van der Waals surface area contributed by atoms with E-state index < -0.39 is 40.5 Å². The molecule has 0 fully saturated rings. The molecule has 27 heavy (non-hydrogen) atoms. The van der Waals surface area contributed by atoms with Crippen LogP contribution in [-0.2, 0) is 9.59 Å². The van der Waals surface area contributed by atoms with Crippen LogP contribution in [0.1, 0.15) is 32.4 Å². The van der Waals surface area contributed by atoms with Crippen molar-refractivity contribution in [1.29, 1.82) is 0 Å². The summed E-state index contributed by atoms with van der Waals surface area (Å²) in [4.78, 5) is 26.7. The minimum Gasteiger partial charge on any atom is -0.503 e. The van der Waals surface area contributed by atoms with Crippen LogP contribution < -0.4 is 4.90 Å². The van der Waals surface area contributed by atoms with Crippen molar-refractivity contribution in [2.24, 2.45) is 5.41 Å². The number of anilines is 1. The summed E-state index contributed by atoms with van der Waals surface area (Å²) in [6.07, 6.45) is 0. The molecule has 2 aromatic carbocycles. The van der Waals surface area contributed by atoms with Gasteiger partial charge >= 0.3 is 0 Å². The lowest BCUT2D eigenvalue weighted by Crippen LogP contribution is -2.33. The fourth-order valence-corrected chi connectivity index (χ4v) is 3.12. The number of hydrogen-bond donors (Lipinski definition) is 1. The van der Waals surface area contributed by atoms with E-state index in [0.29, 0.717) is 11.6 Å². The topological polar surface area (TPSA) is 57.6 Å². The molecule has 1 aliphatic heterocycles. The Morgan fingerprint density at radius 1 is 1.07 bits per heavy atom. The van der Waals surface area contributed by atoms with Gasteiger partial charge in [0, 0.05) is 11.5 Å². The Balaban J connectivity index is 2.23. The largest absolute Gasteiger partial charge is 0.503 e. The van der Waals surface area contributed by atoms with E-state index in [1.54, 1.807) is 51.1 Å². The van der Waals surface area contributed by atoms with Gasteiger partial charge in [0.25, 0.3) is 5.91 Å². The van der Waals surface area contributed by atoms with E-state index >= 15 is 0 Å². The van der Waals surface area contributed by atoms with Crippen molar-refractivity contribution < 1.29 is 23.5 Å². The number of ketones is 1. The molecule has 1 unspecified atom stereocenters. The molecular formula is C21H19F2NO3. The maximum absolute atomic E-state index is 14.4. The second-order valence-corrected chi connectivity index (χ2v) is 7.43. The summed E-state index contributed by atoms with van der Waals surface area (Å²) in [6, 6.07) is 10.3. The zero-order chi connectivity index (χ0) is 19.9. The van der Waals surface area contributed by atoms with Crippen LogP contribution in [0.4, 0.5) is 14.5 Å². The highest BCUT2D eigenvalue weighted by Gasteiger charge is 2.47. The molecule has 1 atom stereocenters. The summed E-state index contributed by atoms with van der Waals surface area (Å²) in [7, 11) is 0. The number of aliphatic hydroxyl groups excluding tert-OH is 1. The first-order valence-corrected chi connectivity index (χ1v) is 8.44. The van der Waals surface area contributed by atoms with Crippen LogP contribution in [0.3, 0.4) is 0 Å². The van der Waals surface area contributed by atoms with Crippen LogP contribution in [0.25, 0.3) is 0 Å². The average Bonchev–Trinajstić information content (AvgIpc) is 2.86. The molecule has 1 amide bonds. The van der Waals surface area contributed by atoms with Gasteiger partial charge in [0.05, 0.1) is 17.3 Å². The fraction of sp³-hybridized carbons (Fsp3) is 0.238. The SMILES string of the molecule is CC(C)(C)C(=O)C1=C(O)C(=O)N(c2ccc(F)cc2F)C1c1ccccc1. The molecule has 0 bridgehead atoms. The summed E-state index contributed by atoms with van der Waals surface area (Å²) in [5.74, 6) is -3.79. The van der Waals surface area contributed by atoms with Crippen LogP contribution in [0.2, 0.25) is 0 Å². The summed E-state index contributed by atoms with van der Waals surface area (Å²) < 4.78 is 27.8. The molecule has 1 heterocycles. The molecule has 1 N–H and O–H groups in total. The third-order valence-electron chi connectivity index (χ3n) is 4.42. The van der Waals surface area contributed by atoms with Crippen LogP contribution in [0, 0.1) is 17.0 Å². The number of carbonyl (C=O) groups excluding carboxylic acids is 2. The van der Waals surface area contributed by atoms with Crippen LogP contribution in [0.15, 0.2) is 59.9 Å². The number of rotatable bonds is 3. The number of benzene rings is 2. The molecule has 0 aromatic heterocycles. The highest BCUT2D eigenvalue weighted by atomic mass is 19.1. The van der Waals surface area contributed by atoms with Crippen molar-refractivity contribution >= 4 is 17.4 Å². The minimum atomic E-state index is -1.01. The quantitative estimate of drug-likeness (QED) is 0.865. The van der Waals surface area contributed by atoms with Gasteiger partial charge in [-0.1, -0.05) is 51.1 Å². The van der Waals surface area contributed by atoms with Crippen LogP contribution in [0.5, 0.6) is 0 Å². The molecule has 0 aliphatic carbocycles. The maximum atomic E-state index is 14.4.